The zero-order valence-electron chi connectivity index (χ0n) is 7.83. The first-order chi connectivity index (χ1) is 6.77. The van der Waals surface area contributed by atoms with E-state index in [9.17, 15) is 0 Å². The van der Waals surface area contributed by atoms with E-state index >= 15 is 0 Å². The van der Waals surface area contributed by atoms with Gasteiger partial charge in [0.25, 0.3) is 0 Å². The average molecular weight is 227 g/mol. The van der Waals surface area contributed by atoms with Crippen LogP contribution in [0.3, 0.4) is 0 Å². The lowest BCUT2D eigenvalue weighted by atomic mass is 10.4. The van der Waals surface area contributed by atoms with Crippen molar-refractivity contribution in [2.75, 3.05) is 12.8 Å². The standard InChI is InChI=1S/C10H11ClN2S/c1-13-8(6-12)7-14-10-5-3-2-4-9(10)11/h2-5,8,13H,7H2,1H3. The minimum absolute atomic E-state index is 0.128. The van der Waals surface area contributed by atoms with Gasteiger partial charge in [0, 0.05) is 10.6 Å². The number of thioether (sulfide) groups is 1. The minimum atomic E-state index is -0.128. The van der Waals surface area contributed by atoms with Crippen LogP contribution >= 0.6 is 23.4 Å². The second-order valence-corrected chi connectivity index (χ2v) is 4.18. The van der Waals surface area contributed by atoms with Crippen molar-refractivity contribution in [1.82, 2.24) is 5.32 Å². The minimum Gasteiger partial charge on any atom is -0.304 e. The molecule has 0 spiro atoms. The Morgan fingerprint density at radius 2 is 2.29 bits per heavy atom. The number of hydrogen-bond donors (Lipinski definition) is 1. The fourth-order valence-corrected chi connectivity index (χ4v) is 2.19. The summed E-state index contributed by atoms with van der Waals surface area (Å²) in [6.07, 6.45) is 0. The van der Waals surface area contributed by atoms with E-state index in [1.54, 1.807) is 18.8 Å². The van der Waals surface area contributed by atoms with E-state index in [1.165, 1.54) is 0 Å². The van der Waals surface area contributed by atoms with E-state index in [1.807, 2.05) is 24.3 Å². The number of hydrogen-bond acceptors (Lipinski definition) is 3. The van der Waals surface area contributed by atoms with E-state index in [0.29, 0.717) is 5.75 Å². The van der Waals surface area contributed by atoms with Crippen LogP contribution in [0.25, 0.3) is 0 Å². The molecule has 0 aliphatic heterocycles. The first-order valence-corrected chi connectivity index (χ1v) is 5.58. The monoisotopic (exact) mass is 226 g/mol. The van der Waals surface area contributed by atoms with Crippen LogP contribution in [0.4, 0.5) is 0 Å². The molecule has 74 valence electrons. The molecule has 0 heterocycles. The molecular formula is C10H11ClN2S. The van der Waals surface area contributed by atoms with Gasteiger partial charge in [-0.05, 0) is 19.2 Å². The molecule has 1 atom stereocenters. The Hall–Kier alpha value is -0.690. The summed E-state index contributed by atoms with van der Waals surface area (Å²) in [6, 6.07) is 9.68. The molecule has 0 saturated heterocycles. The zero-order chi connectivity index (χ0) is 10.4. The van der Waals surface area contributed by atoms with Crippen LogP contribution in [0.15, 0.2) is 29.2 Å². The van der Waals surface area contributed by atoms with Crippen molar-refractivity contribution in [2.45, 2.75) is 10.9 Å². The van der Waals surface area contributed by atoms with Crippen molar-refractivity contribution in [1.29, 1.82) is 5.26 Å². The Balaban J connectivity index is 2.54. The van der Waals surface area contributed by atoms with Gasteiger partial charge in [-0.25, -0.2) is 0 Å². The van der Waals surface area contributed by atoms with Gasteiger partial charge >= 0.3 is 0 Å². The van der Waals surface area contributed by atoms with Crippen molar-refractivity contribution in [3.05, 3.63) is 29.3 Å². The van der Waals surface area contributed by atoms with Crippen LogP contribution in [0.5, 0.6) is 0 Å². The number of benzene rings is 1. The van der Waals surface area contributed by atoms with Gasteiger partial charge in [-0.1, -0.05) is 23.7 Å². The molecule has 0 aliphatic rings. The molecule has 0 aromatic heterocycles. The van der Waals surface area contributed by atoms with Gasteiger partial charge < -0.3 is 5.32 Å². The summed E-state index contributed by atoms with van der Waals surface area (Å²) in [6.45, 7) is 0. The molecule has 0 fully saturated rings. The Morgan fingerprint density at radius 1 is 1.57 bits per heavy atom. The lowest BCUT2D eigenvalue weighted by Crippen LogP contribution is -2.25. The quantitative estimate of drug-likeness (QED) is 0.802. The van der Waals surface area contributed by atoms with Crippen LogP contribution in [0, 0.1) is 11.3 Å². The second-order valence-electron chi connectivity index (χ2n) is 2.71. The maximum Gasteiger partial charge on any atom is 0.104 e. The Labute approximate surface area is 93.3 Å². The highest BCUT2D eigenvalue weighted by Gasteiger charge is 2.06. The number of nitrogens with one attached hydrogen (secondary N) is 1. The second kappa shape index (κ2) is 5.92. The van der Waals surface area contributed by atoms with E-state index < -0.39 is 0 Å². The summed E-state index contributed by atoms with van der Waals surface area (Å²) >= 11 is 7.56. The van der Waals surface area contributed by atoms with E-state index in [2.05, 4.69) is 11.4 Å². The van der Waals surface area contributed by atoms with Crippen molar-refractivity contribution < 1.29 is 0 Å². The predicted octanol–water partition coefficient (Wildman–Crippen LogP) is 2.54. The summed E-state index contributed by atoms with van der Waals surface area (Å²) in [5, 5.41) is 12.4. The molecule has 2 nitrogen and oxygen atoms in total. The molecule has 1 aromatic carbocycles. The van der Waals surface area contributed by atoms with Gasteiger partial charge in [-0.15, -0.1) is 11.8 Å². The van der Waals surface area contributed by atoms with Gasteiger partial charge in [0.1, 0.15) is 6.04 Å². The fraction of sp³-hybridized carbons (Fsp3) is 0.300. The summed E-state index contributed by atoms with van der Waals surface area (Å²) in [7, 11) is 1.78. The van der Waals surface area contributed by atoms with E-state index in [0.717, 1.165) is 9.92 Å². The predicted molar refractivity (Wildman–Crippen MR) is 60.6 cm³/mol. The first kappa shape index (κ1) is 11.4. The van der Waals surface area contributed by atoms with Crippen molar-refractivity contribution in [3.63, 3.8) is 0 Å². The van der Waals surface area contributed by atoms with Gasteiger partial charge in [-0.2, -0.15) is 5.26 Å². The molecule has 1 aromatic rings. The third-order valence-electron chi connectivity index (χ3n) is 1.75. The third kappa shape index (κ3) is 3.22. The molecule has 0 bridgehead atoms. The Morgan fingerprint density at radius 3 is 2.86 bits per heavy atom. The number of nitriles is 1. The molecule has 14 heavy (non-hydrogen) atoms. The first-order valence-electron chi connectivity index (χ1n) is 4.22. The number of nitrogens with zero attached hydrogens (tertiary/aromatic N) is 1. The Kier molecular flexibility index (Phi) is 4.81. The van der Waals surface area contributed by atoms with Crippen LogP contribution in [0.2, 0.25) is 5.02 Å². The van der Waals surface area contributed by atoms with Gasteiger partial charge in [0.05, 0.1) is 11.1 Å². The summed E-state index contributed by atoms with van der Waals surface area (Å²) < 4.78 is 0. The maximum absolute atomic E-state index is 8.71. The van der Waals surface area contributed by atoms with E-state index in [4.69, 9.17) is 16.9 Å². The molecule has 1 unspecified atom stereocenters. The largest absolute Gasteiger partial charge is 0.304 e. The SMILES string of the molecule is CNC(C#N)CSc1ccccc1Cl. The fourth-order valence-electron chi connectivity index (χ4n) is 0.920. The highest BCUT2D eigenvalue weighted by Crippen LogP contribution is 2.26. The molecule has 4 heteroatoms. The molecule has 1 N–H and O–H groups in total. The highest BCUT2D eigenvalue weighted by atomic mass is 35.5. The van der Waals surface area contributed by atoms with Crippen LogP contribution in [-0.2, 0) is 0 Å². The van der Waals surface area contributed by atoms with Crippen molar-refractivity contribution >= 4 is 23.4 Å². The maximum atomic E-state index is 8.71. The van der Waals surface area contributed by atoms with Crippen LogP contribution < -0.4 is 5.32 Å². The van der Waals surface area contributed by atoms with Gasteiger partial charge in [-0.3, -0.25) is 0 Å². The third-order valence-corrected chi connectivity index (χ3v) is 3.36. The normalized spacial score (nSPS) is 12.1. The van der Waals surface area contributed by atoms with Gasteiger partial charge in [0.15, 0.2) is 0 Å². The highest BCUT2D eigenvalue weighted by molar-refractivity contribution is 7.99. The summed E-state index contributed by atoms with van der Waals surface area (Å²) in [5.41, 5.74) is 0. The summed E-state index contributed by atoms with van der Waals surface area (Å²) in [4.78, 5) is 1.02. The molecular weight excluding hydrogens is 216 g/mol. The number of halogens is 1. The lowest BCUT2D eigenvalue weighted by molar-refractivity contribution is 0.750. The molecule has 0 aliphatic carbocycles. The van der Waals surface area contributed by atoms with Crippen molar-refractivity contribution in [2.24, 2.45) is 0 Å². The summed E-state index contributed by atoms with van der Waals surface area (Å²) in [5.74, 6) is 0.705. The molecule has 0 saturated carbocycles. The molecule has 1 rings (SSSR count). The van der Waals surface area contributed by atoms with Crippen LogP contribution in [0.1, 0.15) is 0 Å². The topological polar surface area (TPSA) is 35.8 Å². The van der Waals surface area contributed by atoms with E-state index in [-0.39, 0.29) is 6.04 Å². The average Bonchev–Trinajstić information content (AvgIpc) is 2.22. The molecule has 0 amide bonds. The Bertz CT molecular complexity index is 335. The van der Waals surface area contributed by atoms with Crippen LogP contribution in [-0.4, -0.2) is 18.8 Å². The molecule has 0 radical (unpaired) electrons. The smallest absolute Gasteiger partial charge is 0.104 e. The zero-order valence-corrected chi connectivity index (χ0v) is 9.40. The lowest BCUT2D eigenvalue weighted by Gasteiger charge is -2.07. The van der Waals surface area contributed by atoms with Gasteiger partial charge in [0.2, 0.25) is 0 Å². The number of rotatable bonds is 4. The van der Waals surface area contributed by atoms with Crippen molar-refractivity contribution in [3.8, 4) is 6.07 Å².